The zero-order valence-corrected chi connectivity index (χ0v) is 15.6. The second-order valence-corrected chi connectivity index (χ2v) is 6.64. The summed E-state index contributed by atoms with van der Waals surface area (Å²) >= 11 is 0. The first-order valence-corrected chi connectivity index (χ1v) is 9.22. The highest BCUT2D eigenvalue weighted by Crippen LogP contribution is 2.22. The Morgan fingerprint density at radius 2 is 1.61 bits per heavy atom. The first kappa shape index (κ1) is 18.0. The third-order valence-corrected chi connectivity index (χ3v) is 4.78. The van der Waals surface area contributed by atoms with Crippen LogP contribution in [0, 0.1) is 0 Å². The van der Waals surface area contributed by atoms with Crippen LogP contribution in [0.15, 0.2) is 66.7 Å². The van der Waals surface area contributed by atoms with Crippen LogP contribution in [0.3, 0.4) is 0 Å². The van der Waals surface area contributed by atoms with Crippen molar-refractivity contribution in [1.82, 2.24) is 15.1 Å². The number of methoxy groups -OCH3 is 1. The highest BCUT2D eigenvalue weighted by atomic mass is 16.5. The van der Waals surface area contributed by atoms with Crippen molar-refractivity contribution in [3.05, 3.63) is 72.3 Å². The second-order valence-electron chi connectivity index (χ2n) is 6.64. The maximum absolute atomic E-state index is 12.8. The first-order valence-electron chi connectivity index (χ1n) is 9.22. The number of amides is 1. The average Bonchev–Trinajstić information content (AvgIpc) is 3.23. The van der Waals surface area contributed by atoms with Gasteiger partial charge in [0.2, 0.25) is 11.8 Å². The maximum atomic E-state index is 12.8. The van der Waals surface area contributed by atoms with Gasteiger partial charge < -0.3 is 14.4 Å². The zero-order chi connectivity index (χ0) is 19.3. The lowest BCUT2D eigenvalue weighted by Crippen LogP contribution is -2.31. The molecule has 1 atom stereocenters. The van der Waals surface area contributed by atoms with Crippen molar-refractivity contribution in [2.75, 3.05) is 20.2 Å². The SMILES string of the molecule is COc1ccc(OC2CCN(C(=O)c3ccc(-c4ccccc4)cc3)C2)nn1. The van der Waals surface area contributed by atoms with Crippen molar-refractivity contribution >= 4 is 5.91 Å². The molecule has 1 fully saturated rings. The van der Waals surface area contributed by atoms with Gasteiger partial charge in [0.1, 0.15) is 6.10 Å². The van der Waals surface area contributed by atoms with Gasteiger partial charge in [-0.1, -0.05) is 42.5 Å². The van der Waals surface area contributed by atoms with Crippen LogP contribution in [0.2, 0.25) is 0 Å². The van der Waals surface area contributed by atoms with E-state index in [-0.39, 0.29) is 12.0 Å². The van der Waals surface area contributed by atoms with E-state index in [9.17, 15) is 4.79 Å². The molecule has 2 aromatic carbocycles. The average molecular weight is 375 g/mol. The van der Waals surface area contributed by atoms with Crippen LogP contribution in [-0.2, 0) is 0 Å². The van der Waals surface area contributed by atoms with E-state index in [2.05, 4.69) is 22.3 Å². The Kier molecular flexibility index (Phi) is 5.19. The Morgan fingerprint density at radius 3 is 2.29 bits per heavy atom. The number of carbonyl (C=O) groups is 1. The number of carbonyl (C=O) groups excluding carboxylic acids is 1. The minimum Gasteiger partial charge on any atom is -0.480 e. The summed E-state index contributed by atoms with van der Waals surface area (Å²) in [7, 11) is 1.54. The van der Waals surface area contributed by atoms with Gasteiger partial charge in [0, 0.05) is 30.7 Å². The van der Waals surface area contributed by atoms with E-state index in [0.717, 1.165) is 17.5 Å². The Bertz CT molecular complexity index is 928. The van der Waals surface area contributed by atoms with Crippen LogP contribution in [0.1, 0.15) is 16.8 Å². The van der Waals surface area contributed by atoms with E-state index < -0.39 is 0 Å². The standard InChI is InChI=1S/C22H21N3O3/c1-27-20-11-12-21(24-23-20)28-19-13-14-25(15-19)22(26)18-9-7-17(8-10-18)16-5-3-2-4-6-16/h2-12,19H,13-15H2,1H3. The normalized spacial score (nSPS) is 16.0. The lowest BCUT2D eigenvalue weighted by Gasteiger charge is -2.17. The molecule has 6 heteroatoms. The molecule has 1 unspecified atom stereocenters. The van der Waals surface area contributed by atoms with Crippen LogP contribution in [0.25, 0.3) is 11.1 Å². The van der Waals surface area contributed by atoms with Crippen molar-refractivity contribution in [2.45, 2.75) is 12.5 Å². The number of hydrogen-bond acceptors (Lipinski definition) is 5. The Morgan fingerprint density at radius 1 is 0.929 bits per heavy atom. The fraction of sp³-hybridized carbons (Fsp3) is 0.227. The fourth-order valence-corrected chi connectivity index (χ4v) is 3.28. The second kappa shape index (κ2) is 8.08. The summed E-state index contributed by atoms with van der Waals surface area (Å²) < 4.78 is 10.8. The van der Waals surface area contributed by atoms with Crippen LogP contribution in [0.5, 0.6) is 11.8 Å². The number of benzene rings is 2. The largest absolute Gasteiger partial charge is 0.480 e. The molecule has 1 aliphatic rings. The highest BCUT2D eigenvalue weighted by Gasteiger charge is 2.28. The lowest BCUT2D eigenvalue weighted by atomic mass is 10.0. The van der Waals surface area contributed by atoms with Gasteiger partial charge >= 0.3 is 0 Å². The molecule has 0 bridgehead atoms. The molecule has 0 radical (unpaired) electrons. The van der Waals surface area contributed by atoms with Crippen molar-refractivity contribution in [1.29, 1.82) is 0 Å². The molecule has 1 aliphatic heterocycles. The van der Waals surface area contributed by atoms with Crippen LogP contribution < -0.4 is 9.47 Å². The van der Waals surface area contributed by atoms with Gasteiger partial charge in [0.05, 0.1) is 13.7 Å². The number of aromatic nitrogens is 2. The molecule has 0 saturated carbocycles. The Hall–Kier alpha value is -3.41. The first-order chi connectivity index (χ1) is 13.7. The molecular formula is C22H21N3O3. The Balaban J connectivity index is 1.37. The van der Waals surface area contributed by atoms with E-state index >= 15 is 0 Å². The number of rotatable bonds is 5. The van der Waals surface area contributed by atoms with Crippen molar-refractivity contribution in [3.63, 3.8) is 0 Å². The summed E-state index contributed by atoms with van der Waals surface area (Å²) in [4.78, 5) is 14.6. The number of nitrogens with zero attached hydrogens (tertiary/aromatic N) is 3. The smallest absolute Gasteiger partial charge is 0.253 e. The summed E-state index contributed by atoms with van der Waals surface area (Å²) in [6.07, 6.45) is 0.678. The molecule has 1 amide bonds. The van der Waals surface area contributed by atoms with E-state index in [0.29, 0.717) is 30.4 Å². The van der Waals surface area contributed by atoms with Crippen LogP contribution in [0.4, 0.5) is 0 Å². The molecule has 6 nitrogen and oxygen atoms in total. The minimum atomic E-state index is -0.0877. The van der Waals surface area contributed by atoms with Gasteiger partial charge in [-0.15, -0.1) is 10.2 Å². The predicted molar refractivity (Wildman–Crippen MR) is 105 cm³/mol. The van der Waals surface area contributed by atoms with Gasteiger partial charge in [0.25, 0.3) is 5.91 Å². The van der Waals surface area contributed by atoms with Gasteiger partial charge in [-0.3, -0.25) is 4.79 Å². The molecule has 28 heavy (non-hydrogen) atoms. The number of hydrogen-bond donors (Lipinski definition) is 0. The molecule has 1 saturated heterocycles. The zero-order valence-electron chi connectivity index (χ0n) is 15.6. The topological polar surface area (TPSA) is 64.6 Å². The highest BCUT2D eigenvalue weighted by molar-refractivity contribution is 5.95. The lowest BCUT2D eigenvalue weighted by molar-refractivity contribution is 0.0771. The maximum Gasteiger partial charge on any atom is 0.253 e. The fourth-order valence-electron chi connectivity index (χ4n) is 3.28. The predicted octanol–water partition coefficient (Wildman–Crippen LogP) is 3.45. The summed E-state index contributed by atoms with van der Waals surface area (Å²) in [6, 6.07) is 21.3. The summed E-state index contributed by atoms with van der Waals surface area (Å²) in [5.74, 6) is 0.897. The Labute approximate surface area is 163 Å². The van der Waals surface area contributed by atoms with Crippen molar-refractivity contribution in [3.8, 4) is 22.9 Å². The van der Waals surface area contributed by atoms with Gasteiger partial charge in [-0.2, -0.15) is 0 Å². The third-order valence-electron chi connectivity index (χ3n) is 4.78. The molecular weight excluding hydrogens is 354 g/mol. The van der Waals surface area contributed by atoms with E-state index in [4.69, 9.17) is 9.47 Å². The van der Waals surface area contributed by atoms with E-state index in [1.54, 1.807) is 12.1 Å². The van der Waals surface area contributed by atoms with E-state index in [1.165, 1.54) is 7.11 Å². The molecule has 0 aliphatic carbocycles. The number of ether oxygens (including phenoxy) is 2. The van der Waals surface area contributed by atoms with Crippen LogP contribution >= 0.6 is 0 Å². The summed E-state index contributed by atoms with van der Waals surface area (Å²) in [5.41, 5.74) is 2.92. The van der Waals surface area contributed by atoms with Crippen molar-refractivity contribution < 1.29 is 14.3 Å². The molecule has 2 heterocycles. The van der Waals surface area contributed by atoms with E-state index in [1.807, 2.05) is 47.4 Å². The van der Waals surface area contributed by atoms with Gasteiger partial charge in [-0.25, -0.2) is 0 Å². The monoisotopic (exact) mass is 375 g/mol. The molecule has 1 aromatic heterocycles. The molecule has 0 N–H and O–H groups in total. The molecule has 0 spiro atoms. The quantitative estimate of drug-likeness (QED) is 0.683. The van der Waals surface area contributed by atoms with Gasteiger partial charge in [-0.05, 0) is 23.3 Å². The number of likely N-dealkylation sites (tertiary alicyclic amines) is 1. The molecule has 142 valence electrons. The van der Waals surface area contributed by atoms with Crippen molar-refractivity contribution in [2.24, 2.45) is 0 Å². The molecule has 4 rings (SSSR count). The summed E-state index contributed by atoms with van der Waals surface area (Å²) in [5, 5.41) is 7.88. The minimum absolute atomic E-state index is 0.0199. The van der Waals surface area contributed by atoms with Crippen LogP contribution in [-0.4, -0.2) is 47.3 Å². The molecule has 3 aromatic rings. The third kappa shape index (κ3) is 3.96. The summed E-state index contributed by atoms with van der Waals surface area (Å²) in [6.45, 7) is 1.19. The van der Waals surface area contributed by atoms with Gasteiger partial charge in [0.15, 0.2) is 0 Å².